The first kappa shape index (κ1) is 17.2. The molecule has 3 heterocycles. The summed E-state index contributed by atoms with van der Waals surface area (Å²) in [6.07, 6.45) is 4.64. The normalized spacial score (nSPS) is 18.3. The largest absolute Gasteiger partial charge is 0.367 e. The Morgan fingerprint density at radius 3 is 2.59 bits per heavy atom. The predicted molar refractivity (Wildman–Crippen MR) is 116 cm³/mol. The third kappa shape index (κ3) is 2.71. The van der Waals surface area contributed by atoms with E-state index in [4.69, 9.17) is 4.98 Å². The molecule has 29 heavy (non-hydrogen) atoms. The number of nitrogens with zero attached hydrogens (tertiary/aromatic N) is 4. The highest BCUT2D eigenvalue weighted by molar-refractivity contribution is 6.07. The fourth-order valence-corrected chi connectivity index (χ4v) is 4.81. The third-order valence-electron chi connectivity index (χ3n) is 6.65. The first-order valence-electron chi connectivity index (χ1n) is 10.7. The van der Waals surface area contributed by atoms with Gasteiger partial charge >= 0.3 is 0 Å². The van der Waals surface area contributed by atoms with Crippen LogP contribution in [0.15, 0.2) is 42.6 Å². The van der Waals surface area contributed by atoms with Crippen molar-refractivity contribution in [2.24, 2.45) is 0 Å². The Kier molecular flexibility index (Phi) is 3.81. The summed E-state index contributed by atoms with van der Waals surface area (Å²) < 4.78 is 17.7. The van der Waals surface area contributed by atoms with Crippen LogP contribution in [-0.2, 0) is 0 Å². The number of aromatic nitrogens is 2. The van der Waals surface area contributed by atoms with Gasteiger partial charge in [-0.3, -0.25) is 0 Å². The minimum Gasteiger partial charge on any atom is -0.367 e. The molecule has 2 aromatic carbocycles. The zero-order valence-corrected chi connectivity index (χ0v) is 16.7. The van der Waals surface area contributed by atoms with E-state index < -0.39 is 0 Å². The molecule has 0 atom stereocenters. The van der Waals surface area contributed by atoms with Crippen LogP contribution < -0.4 is 4.90 Å². The van der Waals surface area contributed by atoms with Crippen molar-refractivity contribution in [3.63, 3.8) is 0 Å². The molecule has 5 heteroatoms. The van der Waals surface area contributed by atoms with Crippen molar-refractivity contribution >= 4 is 27.5 Å². The number of hydrogen-bond acceptors (Lipinski definition) is 3. The number of halogens is 1. The average molecular weight is 388 g/mol. The zero-order valence-electron chi connectivity index (χ0n) is 16.7. The molecule has 4 nitrogen and oxygen atoms in total. The lowest BCUT2D eigenvalue weighted by Crippen LogP contribution is -2.46. The van der Waals surface area contributed by atoms with Crippen LogP contribution in [0.4, 0.5) is 10.1 Å². The van der Waals surface area contributed by atoms with Crippen LogP contribution in [0.5, 0.6) is 0 Å². The Hall–Kier alpha value is -2.66. The molecule has 0 unspecified atom stereocenters. The van der Waals surface area contributed by atoms with Gasteiger partial charge in [0.2, 0.25) is 0 Å². The quantitative estimate of drug-likeness (QED) is 0.498. The number of para-hydroxylation sites is 1. The maximum absolute atomic E-state index is 15.3. The number of benzene rings is 2. The van der Waals surface area contributed by atoms with Gasteiger partial charge in [-0.05, 0) is 37.6 Å². The first-order valence-corrected chi connectivity index (χ1v) is 10.7. The lowest BCUT2D eigenvalue weighted by molar-refractivity contribution is 0.270. The standard InChI is InChI=1S/C24H25FN4/c1-2-27-9-11-28(12-10-27)23-14-22-18(13-20(23)25)24-19(15-29(22)16-7-8-16)17-5-3-4-6-21(17)26-24/h3-6,13-16H,2,7-12H2,1H3. The highest BCUT2D eigenvalue weighted by atomic mass is 19.1. The molecule has 0 radical (unpaired) electrons. The SMILES string of the molecule is CCN1CCN(c2cc3c(cc2F)c2nc4ccccc4c-2cn3C2CC2)CC1. The fraction of sp³-hybridized carbons (Fsp3) is 0.375. The number of piperazine rings is 1. The van der Waals surface area contributed by atoms with Crippen molar-refractivity contribution in [3.05, 3.63) is 48.4 Å². The van der Waals surface area contributed by atoms with E-state index >= 15 is 4.39 Å². The molecule has 3 aliphatic heterocycles. The Morgan fingerprint density at radius 1 is 1.03 bits per heavy atom. The molecule has 0 spiro atoms. The van der Waals surface area contributed by atoms with Crippen LogP contribution in [0.1, 0.15) is 25.8 Å². The second kappa shape index (κ2) is 6.42. The molecule has 1 aliphatic carbocycles. The molecule has 6 rings (SSSR count). The van der Waals surface area contributed by atoms with Gasteiger partial charge in [-0.25, -0.2) is 9.37 Å². The van der Waals surface area contributed by atoms with E-state index in [2.05, 4.69) is 45.7 Å². The summed E-state index contributed by atoms with van der Waals surface area (Å²) in [6, 6.07) is 12.5. The van der Waals surface area contributed by atoms with Crippen molar-refractivity contribution in [1.29, 1.82) is 0 Å². The van der Waals surface area contributed by atoms with Crippen molar-refractivity contribution < 1.29 is 4.39 Å². The highest BCUT2D eigenvalue weighted by Gasteiger charge is 2.29. The summed E-state index contributed by atoms with van der Waals surface area (Å²) in [6.45, 7) is 6.98. The van der Waals surface area contributed by atoms with E-state index in [-0.39, 0.29) is 5.82 Å². The monoisotopic (exact) mass is 388 g/mol. The lowest BCUT2D eigenvalue weighted by atomic mass is 10.0. The molecule has 1 saturated heterocycles. The van der Waals surface area contributed by atoms with Crippen molar-refractivity contribution in [2.45, 2.75) is 25.8 Å². The van der Waals surface area contributed by atoms with E-state index in [0.29, 0.717) is 6.04 Å². The van der Waals surface area contributed by atoms with Crippen molar-refractivity contribution in [2.75, 3.05) is 37.6 Å². The lowest BCUT2D eigenvalue weighted by Gasteiger charge is -2.35. The predicted octanol–water partition coefficient (Wildman–Crippen LogP) is 4.91. The van der Waals surface area contributed by atoms with Crippen molar-refractivity contribution in [3.8, 4) is 11.3 Å². The number of pyridine rings is 1. The molecule has 1 saturated carbocycles. The van der Waals surface area contributed by atoms with Gasteiger partial charge in [0.05, 0.1) is 22.4 Å². The maximum atomic E-state index is 15.3. The van der Waals surface area contributed by atoms with E-state index in [1.54, 1.807) is 6.07 Å². The van der Waals surface area contributed by atoms with Gasteiger partial charge in [-0.15, -0.1) is 0 Å². The van der Waals surface area contributed by atoms with Gasteiger partial charge in [0.1, 0.15) is 5.82 Å². The molecule has 4 aliphatic rings. The second-order valence-corrected chi connectivity index (χ2v) is 8.40. The number of likely N-dealkylation sites (N-methyl/N-ethyl adjacent to an activating group) is 1. The Morgan fingerprint density at radius 2 is 1.83 bits per heavy atom. The minimum atomic E-state index is -0.135. The van der Waals surface area contributed by atoms with Gasteiger partial charge in [-0.1, -0.05) is 25.1 Å². The summed E-state index contributed by atoms with van der Waals surface area (Å²) >= 11 is 0. The summed E-state index contributed by atoms with van der Waals surface area (Å²) in [7, 11) is 0. The Bertz CT molecular complexity index is 1180. The van der Waals surface area contributed by atoms with E-state index in [1.807, 2.05) is 12.1 Å². The molecule has 0 bridgehead atoms. The fourth-order valence-electron chi connectivity index (χ4n) is 4.81. The molecule has 0 amide bonds. The smallest absolute Gasteiger partial charge is 0.147 e. The summed E-state index contributed by atoms with van der Waals surface area (Å²) in [5, 5.41) is 2.08. The maximum Gasteiger partial charge on any atom is 0.147 e. The number of fused-ring (bicyclic) bond motifs is 5. The van der Waals surface area contributed by atoms with Crippen LogP contribution in [0.3, 0.4) is 0 Å². The van der Waals surface area contributed by atoms with Gasteiger partial charge in [0.15, 0.2) is 0 Å². The van der Waals surface area contributed by atoms with Gasteiger partial charge < -0.3 is 14.4 Å². The van der Waals surface area contributed by atoms with E-state index in [0.717, 1.165) is 71.5 Å². The molecule has 2 fully saturated rings. The second-order valence-electron chi connectivity index (χ2n) is 8.40. The molecule has 148 valence electrons. The first-order chi connectivity index (χ1) is 14.2. The molecular formula is C24H25FN4. The number of hydrogen-bond donors (Lipinski definition) is 0. The molecule has 0 aromatic heterocycles. The van der Waals surface area contributed by atoms with Crippen LogP contribution in [-0.4, -0.2) is 47.2 Å². The number of anilines is 1. The third-order valence-corrected chi connectivity index (χ3v) is 6.65. The molecular weight excluding hydrogens is 363 g/mol. The minimum absolute atomic E-state index is 0.135. The molecule has 2 aromatic rings. The zero-order chi connectivity index (χ0) is 19.5. The van der Waals surface area contributed by atoms with Crippen LogP contribution >= 0.6 is 0 Å². The van der Waals surface area contributed by atoms with Gasteiger partial charge in [-0.2, -0.15) is 0 Å². The average Bonchev–Trinajstić information content (AvgIpc) is 3.53. The van der Waals surface area contributed by atoms with Gasteiger partial charge in [0, 0.05) is 54.8 Å². The molecule has 0 N–H and O–H groups in total. The van der Waals surface area contributed by atoms with E-state index in [1.165, 1.54) is 12.8 Å². The summed E-state index contributed by atoms with van der Waals surface area (Å²) in [4.78, 5) is 9.49. The summed E-state index contributed by atoms with van der Waals surface area (Å²) in [5.41, 5.74) is 4.87. The topological polar surface area (TPSA) is 24.3 Å². The Labute approximate surface area is 169 Å². The van der Waals surface area contributed by atoms with Gasteiger partial charge in [0.25, 0.3) is 0 Å². The number of rotatable bonds is 3. The van der Waals surface area contributed by atoms with E-state index in [9.17, 15) is 0 Å². The Balaban J connectivity index is 1.56. The van der Waals surface area contributed by atoms with Crippen LogP contribution in [0, 0.1) is 5.82 Å². The van der Waals surface area contributed by atoms with Crippen molar-refractivity contribution in [1.82, 2.24) is 14.5 Å². The summed E-state index contributed by atoms with van der Waals surface area (Å²) in [5.74, 6) is -0.135. The van der Waals surface area contributed by atoms with Crippen LogP contribution in [0.2, 0.25) is 0 Å². The highest BCUT2D eigenvalue weighted by Crippen LogP contribution is 2.44. The van der Waals surface area contributed by atoms with Crippen LogP contribution in [0.25, 0.3) is 33.1 Å².